The number of hydrogen-bond donors (Lipinski definition) is 2. The Labute approximate surface area is 194 Å². The molecule has 32 heavy (non-hydrogen) atoms. The molecule has 2 N–H and O–H groups in total. The largest absolute Gasteiger partial charge is 0.260 e. The molecular formula is C22H22N8S2. The van der Waals surface area contributed by atoms with Crippen molar-refractivity contribution in [3.63, 3.8) is 0 Å². The van der Waals surface area contributed by atoms with Crippen molar-refractivity contribution in [2.24, 2.45) is 20.7 Å². The summed E-state index contributed by atoms with van der Waals surface area (Å²) in [5, 5.41) is 17.6. The van der Waals surface area contributed by atoms with Crippen LogP contribution in [0.2, 0.25) is 0 Å². The molecule has 0 bridgehead atoms. The number of rotatable bonds is 7. The summed E-state index contributed by atoms with van der Waals surface area (Å²) in [7, 11) is 0. The summed E-state index contributed by atoms with van der Waals surface area (Å²) in [6, 6.07) is 16.0. The number of benzene rings is 2. The van der Waals surface area contributed by atoms with Crippen LogP contribution in [0.4, 0.5) is 21.6 Å². The molecule has 0 aliphatic heterocycles. The Balaban J connectivity index is 1.33. The molecular weight excluding hydrogens is 440 g/mol. The Kier molecular flexibility index (Phi) is 6.62. The van der Waals surface area contributed by atoms with Crippen molar-refractivity contribution in [1.29, 1.82) is 0 Å². The molecule has 0 fully saturated rings. The highest BCUT2D eigenvalue weighted by Crippen LogP contribution is 2.26. The van der Waals surface area contributed by atoms with E-state index < -0.39 is 0 Å². The molecule has 0 atom stereocenters. The molecule has 4 rings (SSSR count). The Morgan fingerprint density at radius 3 is 1.28 bits per heavy atom. The number of thiazole rings is 2. The molecule has 0 radical (unpaired) electrons. The van der Waals surface area contributed by atoms with Crippen molar-refractivity contribution in [3.8, 4) is 11.1 Å². The van der Waals surface area contributed by atoms with E-state index in [-0.39, 0.29) is 0 Å². The molecule has 8 nitrogen and oxygen atoms in total. The highest BCUT2D eigenvalue weighted by molar-refractivity contribution is 7.15. The second kappa shape index (κ2) is 9.75. The number of aryl methyl sites for hydroxylation is 4. The average Bonchev–Trinajstić information content (AvgIpc) is 3.28. The number of hydrogen-bond acceptors (Lipinski definition) is 8. The van der Waals surface area contributed by atoms with E-state index in [0.717, 1.165) is 43.6 Å². The average molecular weight is 463 g/mol. The Morgan fingerprint density at radius 1 is 0.594 bits per heavy atom. The zero-order chi connectivity index (χ0) is 22.5. The number of anilines is 2. The van der Waals surface area contributed by atoms with Gasteiger partial charge in [-0.2, -0.15) is 0 Å². The van der Waals surface area contributed by atoms with Gasteiger partial charge in [-0.15, -0.1) is 10.2 Å². The first kappa shape index (κ1) is 21.7. The van der Waals surface area contributed by atoms with Crippen LogP contribution in [-0.4, -0.2) is 9.97 Å². The quantitative estimate of drug-likeness (QED) is 0.217. The standard InChI is InChI=1S/C22H22N8S2/c1-13-15(3)31-21(23-13)27-29-25-19-9-5-17(6-10-19)18-7-11-20(12-8-18)26-30-28-22-24-14(2)16(4)32-22/h5-12H,1-4H3,(H,23,25,27)(H,24,26,28). The maximum atomic E-state index is 4.34. The third-order valence-electron chi connectivity index (χ3n) is 4.77. The van der Waals surface area contributed by atoms with Crippen LogP contribution in [-0.2, 0) is 0 Å². The van der Waals surface area contributed by atoms with Crippen molar-refractivity contribution in [2.75, 3.05) is 10.9 Å². The van der Waals surface area contributed by atoms with Gasteiger partial charge in [0, 0.05) is 9.75 Å². The van der Waals surface area contributed by atoms with Crippen LogP contribution in [0.1, 0.15) is 21.1 Å². The molecule has 0 saturated heterocycles. The van der Waals surface area contributed by atoms with Crippen LogP contribution >= 0.6 is 22.7 Å². The van der Waals surface area contributed by atoms with Crippen LogP contribution in [0, 0.1) is 27.7 Å². The number of aromatic nitrogens is 2. The van der Waals surface area contributed by atoms with Crippen LogP contribution in [0.15, 0.2) is 69.2 Å². The van der Waals surface area contributed by atoms with Gasteiger partial charge in [-0.05, 0) is 63.1 Å². The van der Waals surface area contributed by atoms with Crippen LogP contribution < -0.4 is 10.9 Å². The molecule has 0 spiro atoms. The van der Waals surface area contributed by atoms with Crippen LogP contribution in [0.3, 0.4) is 0 Å². The summed E-state index contributed by atoms with van der Waals surface area (Å²) in [5.41, 5.74) is 11.8. The van der Waals surface area contributed by atoms with E-state index >= 15 is 0 Å². The summed E-state index contributed by atoms with van der Waals surface area (Å²) in [6.07, 6.45) is 0. The molecule has 0 saturated carbocycles. The summed E-state index contributed by atoms with van der Waals surface area (Å²) < 4.78 is 0. The Morgan fingerprint density at radius 2 is 0.969 bits per heavy atom. The summed E-state index contributed by atoms with van der Waals surface area (Å²) in [6.45, 7) is 7.98. The number of nitrogens with one attached hydrogen (secondary N) is 2. The van der Waals surface area contributed by atoms with Gasteiger partial charge in [0.2, 0.25) is 10.3 Å². The van der Waals surface area contributed by atoms with E-state index in [1.165, 1.54) is 22.7 Å². The highest BCUT2D eigenvalue weighted by atomic mass is 32.1. The maximum absolute atomic E-state index is 4.34. The number of nitrogens with zero attached hydrogens (tertiary/aromatic N) is 6. The van der Waals surface area contributed by atoms with E-state index in [9.17, 15) is 0 Å². The van der Waals surface area contributed by atoms with Crippen LogP contribution in [0.25, 0.3) is 11.1 Å². The zero-order valence-electron chi connectivity index (χ0n) is 18.1. The minimum Gasteiger partial charge on any atom is -0.260 e. The van der Waals surface area contributed by atoms with E-state index in [4.69, 9.17) is 0 Å². The van der Waals surface area contributed by atoms with Gasteiger partial charge in [-0.25, -0.2) is 9.97 Å². The summed E-state index contributed by atoms with van der Waals surface area (Å²) in [4.78, 5) is 11.0. The van der Waals surface area contributed by atoms with Crippen LogP contribution in [0.5, 0.6) is 0 Å². The van der Waals surface area contributed by atoms with Gasteiger partial charge in [0.05, 0.1) is 22.8 Å². The maximum Gasteiger partial charge on any atom is 0.232 e. The Bertz CT molecular complexity index is 1120. The van der Waals surface area contributed by atoms with Crippen molar-refractivity contribution in [3.05, 3.63) is 69.7 Å². The topological polar surface area (TPSA) is 99.3 Å². The third kappa shape index (κ3) is 5.40. The van der Waals surface area contributed by atoms with Crippen molar-refractivity contribution >= 4 is 44.3 Å². The predicted molar refractivity (Wildman–Crippen MR) is 131 cm³/mol. The van der Waals surface area contributed by atoms with E-state index in [2.05, 4.69) is 41.5 Å². The van der Waals surface area contributed by atoms with Crippen molar-refractivity contribution in [2.45, 2.75) is 27.7 Å². The molecule has 10 heteroatoms. The lowest BCUT2D eigenvalue weighted by molar-refractivity contribution is 1.10. The van der Waals surface area contributed by atoms with Gasteiger partial charge >= 0.3 is 0 Å². The molecule has 162 valence electrons. The zero-order valence-corrected chi connectivity index (χ0v) is 19.8. The molecule has 2 heterocycles. The predicted octanol–water partition coefficient (Wildman–Crippen LogP) is 7.72. The normalized spacial score (nSPS) is 11.5. The van der Waals surface area contributed by atoms with Gasteiger partial charge in [-0.3, -0.25) is 10.9 Å². The minimum atomic E-state index is 0.647. The fourth-order valence-electron chi connectivity index (χ4n) is 2.72. The van der Waals surface area contributed by atoms with Gasteiger partial charge in [-0.1, -0.05) is 57.4 Å². The lowest BCUT2D eigenvalue weighted by atomic mass is 10.1. The second-order valence-corrected chi connectivity index (χ2v) is 9.42. The van der Waals surface area contributed by atoms with Gasteiger partial charge in [0.15, 0.2) is 0 Å². The molecule has 2 aromatic heterocycles. The van der Waals surface area contributed by atoms with Crippen molar-refractivity contribution in [1.82, 2.24) is 9.97 Å². The van der Waals surface area contributed by atoms with Crippen molar-refractivity contribution < 1.29 is 0 Å². The fourth-order valence-corrected chi connectivity index (χ4v) is 4.19. The van der Waals surface area contributed by atoms with Gasteiger partial charge < -0.3 is 0 Å². The molecule has 0 aliphatic rings. The third-order valence-corrected chi connectivity index (χ3v) is 6.68. The van der Waals surface area contributed by atoms with E-state index in [1.54, 1.807) is 0 Å². The SMILES string of the molecule is Cc1nc(/N=N/Nc2ccc(-c3ccc(N/N=N/c4nc(C)c(C)s4)cc3)cc2)sc1C. The molecule has 0 amide bonds. The fraction of sp³-hybridized carbons (Fsp3) is 0.182. The van der Waals surface area contributed by atoms with Gasteiger partial charge in [0.25, 0.3) is 0 Å². The second-order valence-electron chi connectivity index (χ2n) is 7.05. The smallest absolute Gasteiger partial charge is 0.232 e. The highest BCUT2D eigenvalue weighted by Gasteiger charge is 2.03. The van der Waals surface area contributed by atoms with E-state index in [1.807, 2.05) is 76.2 Å². The molecule has 0 aliphatic carbocycles. The van der Waals surface area contributed by atoms with Gasteiger partial charge in [0.1, 0.15) is 0 Å². The first-order chi connectivity index (χ1) is 15.5. The summed E-state index contributed by atoms with van der Waals surface area (Å²) >= 11 is 3.05. The molecule has 4 aromatic rings. The molecule has 0 unspecified atom stereocenters. The first-order valence-electron chi connectivity index (χ1n) is 9.90. The van der Waals surface area contributed by atoms with E-state index in [0.29, 0.717) is 10.3 Å². The lowest BCUT2D eigenvalue weighted by Crippen LogP contribution is -1.88. The first-order valence-corrected chi connectivity index (χ1v) is 11.5. The lowest BCUT2D eigenvalue weighted by Gasteiger charge is -2.05. The monoisotopic (exact) mass is 462 g/mol. The minimum absolute atomic E-state index is 0.647. The summed E-state index contributed by atoms with van der Waals surface area (Å²) in [5.74, 6) is 0. The Hall–Kier alpha value is -3.50. The molecule has 2 aromatic carbocycles.